The molecule has 0 aromatic carbocycles. The second-order valence-electron chi connectivity index (χ2n) is 6.37. The summed E-state index contributed by atoms with van der Waals surface area (Å²) in [4.78, 5) is 61.0. The zero-order valence-electron chi connectivity index (χ0n) is 15.1. The molecule has 1 atom stereocenters. The Kier molecular flexibility index (Phi) is 9.64. The number of nitrogens with zero attached hydrogens (tertiary/aromatic N) is 1. The minimum atomic E-state index is -1.09. The summed E-state index contributed by atoms with van der Waals surface area (Å²) in [5, 5.41) is 11.3. The van der Waals surface area contributed by atoms with Crippen LogP contribution < -0.4 is 5.32 Å². The molecule has 1 aliphatic rings. The lowest BCUT2D eigenvalue weighted by Gasteiger charge is -2.22. The number of hydroxylamine groups is 2. The van der Waals surface area contributed by atoms with Crippen molar-refractivity contribution in [1.82, 2.24) is 10.4 Å². The lowest BCUT2D eigenvalue weighted by Crippen LogP contribution is -2.32. The van der Waals surface area contributed by atoms with E-state index in [1.807, 2.05) is 6.92 Å². The highest BCUT2D eigenvalue weighted by Crippen LogP contribution is 2.26. The minimum Gasteiger partial charge on any atom is -0.480 e. The molecule has 0 bridgehead atoms. The average molecular weight is 421 g/mol. The average Bonchev–Trinajstić information content (AvgIpc) is 2.89. The van der Waals surface area contributed by atoms with Crippen molar-refractivity contribution in [3.63, 3.8) is 0 Å². The van der Waals surface area contributed by atoms with Crippen molar-refractivity contribution in [2.75, 3.05) is 18.1 Å². The maximum atomic E-state index is 11.7. The number of imide groups is 1. The van der Waals surface area contributed by atoms with Crippen LogP contribution in [0.15, 0.2) is 0 Å². The van der Waals surface area contributed by atoms with Crippen molar-refractivity contribution in [1.29, 1.82) is 0 Å². The standard InChI is InChI=1S/C16H24N2O7S2/c1-16(26,7-6-11(19)17-9-14(22)23)10-27-8-2-3-15(24)25-18-12(20)4-5-13(18)21/h26H,2-10H2,1H3,(H,17,19)(H,22,23). The molecule has 27 heavy (non-hydrogen) atoms. The van der Waals surface area contributed by atoms with Gasteiger partial charge in [-0.3, -0.25) is 19.2 Å². The second kappa shape index (κ2) is 11.2. The maximum Gasteiger partial charge on any atom is 0.333 e. The summed E-state index contributed by atoms with van der Waals surface area (Å²) < 4.78 is -0.417. The zero-order chi connectivity index (χ0) is 20.4. The molecule has 9 nitrogen and oxygen atoms in total. The molecule has 0 radical (unpaired) electrons. The van der Waals surface area contributed by atoms with Crippen molar-refractivity contribution in [2.24, 2.45) is 0 Å². The van der Waals surface area contributed by atoms with Crippen molar-refractivity contribution in [2.45, 2.75) is 50.2 Å². The van der Waals surface area contributed by atoms with Crippen molar-refractivity contribution in [3.05, 3.63) is 0 Å². The van der Waals surface area contributed by atoms with Crippen molar-refractivity contribution < 1.29 is 33.9 Å². The van der Waals surface area contributed by atoms with Crippen LogP contribution in [-0.2, 0) is 28.8 Å². The van der Waals surface area contributed by atoms with E-state index in [0.717, 1.165) is 0 Å². The zero-order valence-corrected chi connectivity index (χ0v) is 16.8. The summed E-state index contributed by atoms with van der Waals surface area (Å²) in [6.45, 7) is 1.48. The van der Waals surface area contributed by atoms with E-state index in [1.54, 1.807) is 11.8 Å². The van der Waals surface area contributed by atoms with Crippen LogP contribution in [0.2, 0.25) is 0 Å². The molecule has 1 saturated heterocycles. The van der Waals surface area contributed by atoms with E-state index in [2.05, 4.69) is 17.9 Å². The Hall–Kier alpha value is -1.75. The Bertz CT molecular complexity index is 579. The highest BCUT2D eigenvalue weighted by molar-refractivity contribution is 8.00. The number of carboxylic acids is 1. The predicted molar refractivity (Wildman–Crippen MR) is 101 cm³/mol. The fourth-order valence-electron chi connectivity index (χ4n) is 2.13. The molecule has 11 heteroatoms. The van der Waals surface area contributed by atoms with Crippen LogP contribution in [-0.4, -0.2) is 62.6 Å². The van der Waals surface area contributed by atoms with Gasteiger partial charge in [0.15, 0.2) is 0 Å². The quantitative estimate of drug-likeness (QED) is 0.240. The van der Waals surface area contributed by atoms with Gasteiger partial charge in [0.2, 0.25) is 5.91 Å². The van der Waals surface area contributed by atoms with Crippen molar-refractivity contribution >= 4 is 54.1 Å². The first-order chi connectivity index (χ1) is 12.6. The summed E-state index contributed by atoms with van der Waals surface area (Å²) in [6, 6.07) is 0. The number of carbonyl (C=O) groups excluding carboxylic acids is 4. The van der Waals surface area contributed by atoms with E-state index in [4.69, 9.17) is 9.94 Å². The fraction of sp³-hybridized carbons (Fsp3) is 0.688. The van der Waals surface area contributed by atoms with E-state index in [1.165, 1.54) is 0 Å². The Balaban J connectivity index is 2.14. The number of thioether (sulfide) groups is 1. The van der Waals surface area contributed by atoms with Gasteiger partial charge in [-0.15, -0.1) is 5.06 Å². The number of nitrogens with one attached hydrogen (secondary N) is 1. The molecular formula is C16H24N2O7S2. The number of rotatable bonds is 12. The van der Waals surface area contributed by atoms with E-state index in [0.29, 0.717) is 29.4 Å². The second-order valence-corrected chi connectivity index (χ2v) is 8.55. The van der Waals surface area contributed by atoms with Gasteiger partial charge in [0.25, 0.3) is 11.8 Å². The molecule has 1 aliphatic heterocycles. The Labute approximate surface area is 166 Å². The van der Waals surface area contributed by atoms with Gasteiger partial charge in [-0.25, -0.2) is 4.79 Å². The first-order valence-corrected chi connectivity index (χ1v) is 10.1. The lowest BCUT2D eigenvalue weighted by molar-refractivity contribution is -0.197. The topological polar surface area (TPSA) is 130 Å². The molecule has 0 aliphatic carbocycles. The molecule has 0 aromatic heterocycles. The molecular weight excluding hydrogens is 396 g/mol. The van der Waals surface area contributed by atoms with E-state index >= 15 is 0 Å². The minimum absolute atomic E-state index is 0.0663. The van der Waals surface area contributed by atoms with Gasteiger partial charge in [0, 0.05) is 36.2 Å². The number of carboxylic acid groups (broad SMARTS) is 1. The van der Waals surface area contributed by atoms with Gasteiger partial charge in [-0.05, 0) is 25.5 Å². The third kappa shape index (κ3) is 9.66. The van der Waals surface area contributed by atoms with Gasteiger partial charge < -0.3 is 15.3 Å². The SMILES string of the molecule is CC(S)(CCC(=O)NCC(=O)O)CSCCCC(=O)ON1C(=O)CCC1=O. The van der Waals surface area contributed by atoms with Gasteiger partial charge in [0.05, 0.1) is 0 Å². The molecule has 1 fully saturated rings. The summed E-state index contributed by atoms with van der Waals surface area (Å²) in [5.41, 5.74) is 0. The highest BCUT2D eigenvalue weighted by atomic mass is 32.2. The van der Waals surface area contributed by atoms with E-state index < -0.39 is 35.0 Å². The Morgan fingerprint density at radius 3 is 2.48 bits per heavy atom. The molecule has 152 valence electrons. The maximum absolute atomic E-state index is 11.7. The molecule has 0 saturated carbocycles. The van der Waals surface area contributed by atoms with Crippen LogP contribution in [0.5, 0.6) is 0 Å². The number of amides is 3. The normalized spacial score (nSPS) is 16.1. The number of thiol groups is 1. The lowest BCUT2D eigenvalue weighted by atomic mass is 10.1. The van der Waals surface area contributed by atoms with Crippen LogP contribution in [0.1, 0.15) is 45.4 Å². The molecule has 2 N–H and O–H groups in total. The largest absolute Gasteiger partial charge is 0.480 e. The van der Waals surface area contributed by atoms with Crippen LogP contribution in [0.3, 0.4) is 0 Å². The molecule has 0 aromatic rings. The number of hydrogen-bond donors (Lipinski definition) is 3. The number of carbonyl (C=O) groups is 5. The van der Waals surface area contributed by atoms with Crippen LogP contribution >= 0.6 is 24.4 Å². The molecule has 0 spiro atoms. The van der Waals surface area contributed by atoms with Gasteiger partial charge in [-0.1, -0.05) is 0 Å². The molecule has 1 rings (SSSR count). The number of hydrogen-bond acceptors (Lipinski definition) is 8. The summed E-state index contributed by atoms with van der Waals surface area (Å²) in [7, 11) is 0. The molecule has 3 amide bonds. The van der Waals surface area contributed by atoms with Gasteiger partial charge in [0.1, 0.15) is 6.54 Å². The monoisotopic (exact) mass is 420 g/mol. The van der Waals surface area contributed by atoms with Crippen LogP contribution in [0.4, 0.5) is 0 Å². The van der Waals surface area contributed by atoms with Gasteiger partial charge in [-0.2, -0.15) is 24.4 Å². The fourth-order valence-corrected chi connectivity index (χ4v) is 3.60. The summed E-state index contributed by atoms with van der Waals surface area (Å²) in [6.07, 6.45) is 1.40. The molecule has 1 heterocycles. The smallest absolute Gasteiger partial charge is 0.333 e. The molecule has 1 unspecified atom stereocenters. The third-order valence-electron chi connectivity index (χ3n) is 3.61. The predicted octanol–water partition coefficient (Wildman–Crippen LogP) is 0.776. The highest BCUT2D eigenvalue weighted by Gasteiger charge is 2.32. The van der Waals surface area contributed by atoms with Crippen LogP contribution in [0.25, 0.3) is 0 Å². The van der Waals surface area contributed by atoms with Gasteiger partial charge >= 0.3 is 11.9 Å². The first-order valence-electron chi connectivity index (χ1n) is 8.46. The van der Waals surface area contributed by atoms with Crippen molar-refractivity contribution in [3.8, 4) is 0 Å². The van der Waals surface area contributed by atoms with E-state index in [-0.39, 0.29) is 31.6 Å². The Morgan fingerprint density at radius 1 is 1.26 bits per heavy atom. The first kappa shape index (κ1) is 23.3. The third-order valence-corrected chi connectivity index (χ3v) is 5.62. The summed E-state index contributed by atoms with van der Waals surface area (Å²) >= 11 is 6.08. The summed E-state index contributed by atoms with van der Waals surface area (Å²) in [5.74, 6) is -1.76. The Morgan fingerprint density at radius 2 is 1.89 bits per heavy atom. The van der Waals surface area contributed by atoms with E-state index in [9.17, 15) is 24.0 Å². The van der Waals surface area contributed by atoms with Crippen LogP contribution in [0, 0.1) is 0 Å². The number of aliphatic carboxylic acids is 1.